The number of methoxy groups -OCH3 is 1. The van der Waals surface area contributed by atoms with Gasteiger partial charge in [0.2, 0.25) is 0 Å². The van der Waals surface area contributed by atoms with Crippen LogP contribution in [0.3, 0.4) is 0 Å². The summed E-state index contributed by atoms with van der Waals surface area (Å²) in [6.07, 6.45) is 1.66. The second-order valence-electron chi connectivity index (χ2n) is 6.22. The van der Waals surface area contributed by atoms with E-state index in [0.29, 0.717) is 13.2 Å². The number of guanidine groups is 1. The molecule has 142 valence electrons. The summed E-state index contributed by atoms with van der Waals surface area (Å²) in [5, 5.41) is 16.0. The summed E-state index contributed by atoms with van der Waals surface area (Å²) in [6.45, 7) is 2.98. The number of benzene rings is 1. The number of halogens is 1. The lowest BCUT2D eigenvalue weighted by Gasteiger charge is -2.28. The smallest absolute Gasteiger partial charge is 0.191 e. The van der Waals surface area contributed by atoms with E-state index in [4.69, 9.17) is 9.47 Å². The summed E-state index contributed by atoms with van der Waals surface area (Å²) in [5.74, 6) is 0.734. The molecule has 0 bridgehead atoms. The third kappa shape index (κ3) is 6.73. The molecule has 0 aromatic heterocycles. The van der Waals surface area contributed by atoms with Crippen LogP contribution in [0.5, 0.6) is 0 Å². The molecule has 6 nitrogen and oxygen atoms in total. The summed E-state index contributed by atoms with van der Waals surface area (Å²) in [5.41, 5.74) is 1.12. The molecule has 1 aromatic carbocycles. The Kier molecular flexibility index (Phi) is 10.3. The normalized spacial score (nSPS) is 21.5. The Labute approximate surface area is 167 Å². The maximum Gasteiger partial charge on any atom is 0.191 e. The highest BCUT2D eigenvalue weighted by molar-refractivity contribution is 14.0. The number of aliphatic imine (C=N–C) groups is 1. The van der Waals surface area contributed by atoms with Crippen LogP contribution in [0.4, 0.5) is 0 Å². The number of nitrogens with zero attached hydrogens (tertiary/aromatic N) is 1. The Morgan fingerprint density at radius 2 is 2.12 bits per heavy atom. The third-order valence-corrected chi connectivity index (χ3v) is 4.59. The third-order valence-electron chi connectivity index (χ3n) is 4.59. The van der Waals surface area contributed by atoms with E-state index in [2.05, 4.69) is 27.8 Å². The largest absolute Gasteiger partial charge is 0.396 e. The molecule has 1 aromatic rings. The molecule has 0 aliphatic carbocycles. The number of hydrogen-bond acceptors (Lipinski definition) is 4. The highest BCUT2D eigenvalue weighted by Gasteiger charge is 2.34. The Hall–Kier alpha value is -0.900. The van der Waals surface area contributed by atoms with E-state index >= 15 is 0 Å². The van der Waals surface area contributed by atoms with Gasteiger partial charge in [0.1, 0.15) is 0 Å². The van der Waals surface area contributed by atoms with Gasteiger partial charge in [-0.15, -0.1) is 24.0 Å². The molecule has 0 amide bonds. The molecule has 0 saturated carbocycles. The minimum Gasteiger partial charge on any atom is -0.396 e. The van der Waals surface area contributed by atoms with Gasteiger partial charge >= 0.3 is 0 Å². The molecule has 1 fully saturated rings. The van der Waals surface area contributed by atoms with Crippen molar-refractivity contribution in [2.24, 2.45) is 10.4 Å². The Balaban J connectivity index is 0.00000312. The van der Waals surface area contributed by atoms with Crippen LogP contribution in [-0.4, -0.2) is 58.1 Å². The zero-order valence-electron chi connectivity index (χ0n) is 15.0. The van der Waals surface area contributed by atoms with E-state index in [1.165, 1.54) is 0 Å². The van der Waals surface area contributed by atoms with Crippen LogP contribution in [0.15, 0.2) is 35.3 Å². The van der Waals surface area contributed by atoms with Crippen LogP contribution in [-0.2, 0) is 9.47 Å². The fraction of sp³-hybridized carbons (Fsp3) is 0.611. The first-order chi connectivity index (χ1) is 11.7. The minimum atomic E-state index is -0.0361. The highest BCUT2D eigenvalue weighted by Crippen LogP contribution is 2.31. The van der Waals surface area contributed by atoms with Crippen molar-refractivity contribution in [1.29, 1.82) is 0 Å². The van der Waals surface area contributed by atoms with Crippen LogP contribution in [0.2, 0.25) is 0 Å². The maximum atomic E-state index is 9.30. The quantitative estimate of drug-likeness (QED) is 0.312. The average Bonchev–Trinajstić information content (AvgIpc) is 3.08. The van der Waals surface area contributed by atoms with Crippen molar-refractivity contribution in [1.82, 2.24) is 10.6 Å². The van der Waals surface area contributed by atoms with E-state index in [-0.39, 0.29) is 42.1 Å². The van der Waals surface area contributed by atoms with E-state index in [1.807, 2.05) is 18.2 Å². The molecule has 2 atom stereocenters. The van der Waals surface area contributed by atoms with Gasteiger partial charge in [-0.3, -0.25) is 4.99 Å². The van der Waals surface area contributed by atoms with Crippen molar-refractivity contribution in [2.45, 2.75) is 18.9 Å². The van der Waals surface area contributed by atoms with Crippen LogP contribution >= 0.6 is 24.0 Å². The molecule has 2 rings (SSSR count). The van der Waals surface area contributed by atoms with E-state index in [0.717, 1.165) is 37.5 Å². The monoisotopic (exact) mass is 463 g/mol. The number of rotatable bonds is 8. The second-order valence-corrected chi connectivity index (χ2v) is 6.22. The van der Waals surface area contributed by atoms with Crippen molar-refractivity contribution in [2.75, 3.05) is 47.1 Å². The van der Waals surface area contributed by atoms with Gasteiger partial charge in [-0.2, -0.15) is 0 Å². The molecule has 1 saturated heterocycles. The van der Waals surface area contributed by atoms with Crippen LogP contribution < -0.4 is 10.6 Å². The van der Waals surface area contributed by atoms with Crippen molar-refractivity contribution in [3.8, 4) is 0 Å². The lowest BCUT2D eigenvalue weighted by molar-refractivity contribution is 0.106. The Morgan fingerprint density at radius 3 is 2.68 bits per heavy atom. The van der Waals surface area contributed by atoms with Crippen LogP contribution in [0, 0.1) is 5.41 Å². The van der Waals surface area contributed by atoms with Gasteiger partial charge < -0.3 is 25.2 Å². The number of hydrogen-bond donors (Lipinski definition) is 3. The van der Waals surface area contributed by atoms with Gasteiger partial charge in [0.25, 0.3) is 0 Å². The first-order valence-electron chi connectivity index (χ1n) is 8.44. The zero-order valence-corrected chi connectivity index (χ0v) is 17.4. The van der Waals surface area contributed by atoms with Crippen molar-refractivity contribution >= 4 is 29.9 Å². The van der Waals surface area contributed by atoms with Crippen molar-refractivity contribution in [3.05, 3.63) is 35.9 Å². The lowest BCUT2D eigenvalue weighted by Crippen LogP contribution is -2.45. The zero-order chi connectivity index (χ0) is 17.3. The minimum absolute atomic E-state index is 0. The molecule has 2 unspecified atom stereocenters. The van der Waals surface area contributed by atoms with E-state index in [9.17, 15) is 5.11 Å². The SMILES string of the molecule is CN=C(NCC(OC)c1ccccc1)NCC1(CCO)CCOC1.I. The van der Waals surface area contributed by atoms with Crippen molar-refractivity contribution < 1.29 is 14.6 Å². The molecule has 25 heavy (non-hydrogen) atoms. The first-order valence-corrected chi connectivity index (χ1v) is 8.44. The van der Waals surface area contributed by atoms with Crippen LogP contribution in [0.25, 0.3) is 0 Å². The van der Waals surface area contributed by atoms with Crippen LogP contribution in [0.1, 0.15) is 24.5 Å². The average molecular weight is 463 g/mol. The van der Waals surface area contributed by atoms with E-state index < -0.39 is 0 Å². The summed E-state index contributed by atoms with van der Waals surface area (Å²) in [4.78, 5) is 4.28. The number of aliphatic hydroxyl groups excluding tert-OH is 1. The molecule has 1 aliphatic heterocycles. The summed E-state index contributed by atoms with van der Waals surface area (Å²) >= 11 is 0. The molecule has 0 spiro atoms. The predicted molar refractivity (Wildman–Crippen MR) is 111 cm³/mol. The van der Waals surface area contributed by atoms with Gasteiger partial charge in [0.15, 0.2) is 5.96 Å². The first kappa shape index (κ1) is 22.1. The maximum absolute atomic E-state index is 9.30. The van der Waals surface area contributed by atoms with Gasteiger partial charge in [-0.05, 0) is 18.4 Å². The van der Waals surface area contributed by atoms with Gasteiger partial charge in [0.05, 0.1) is 12.7 Å². The Morgan fingerprint density at radius 1 is 1.36 bits per heavy atom. The molecular formula is C18H30IN3O3. The van der Waals surface area contributed by atoms with Gasteiger partial charge in [0, 0.05) is 45.9 Å². The number of ether oxygens (including phenoxy) is 2. The van der Waals surface area contributed by atoms with E-state index in [1.54, 1.807) is 14.2 Å². The van der Waals surface area contributed by atoms with Gasteiger partial charge in [-0.1, -0.05) is 30.3 Å². The summed E-state index contributed by atoms with van der Waals surface area (Å²) < 4.78 is 11.1. The highest BCUT2D eigenvalue weighted by atomic mass is 127. The number of nitrogens with one attached hydrogen (secondary N) is 2. The fourth-order valence-electron chi connectivity index (χ4n) is 3.00. The van der Waals surface area contributed by atoms with Crippen molar-refractivity contribution in [3.63, 3.8) is 0 Å². The summed E-state index contributed by atoms with van der Waals surface area (Å²) in [6, 6.07) is 10.1. The molecular weight excluding hydrogens is 433 g/mol. The second kappa shape index (κ2) is 11.7. The lowest BCUT2D eigenvalue weighted by atomic mass is 9.84. The predicted octanol–water partition coefficient (Wildman–Crippen LogP) is 1.95. The molecule has 0 radical (unpaired) electrons. The molecule has 7 heteroatoms. The topological polar surface area (TPSA) is 75.1 Å². The summed E-state index contributed by atoms with van der Waals surface area (Å²) in [7, 11) is 3.46. The molecule has 1 aliphatic rings. The fourth-order valence-corrected chi connectivity index (χ4v) is 3.00. The standard InChI is InChI=1S/C18H29N3O3.HI/c1-19-17(21-13-18(8-10-22)9-11-24-14-18)20-12-16(23-2)15-6-4-3-5-7-15;/h3-7,16,22H,8-14H2,1-2H3,(H2,19,20,21);1H. The molecule has 1 heterocycles. The van der Waals surface area contributed by atoms with Gasteiger partial charge in [-0.25, -0.2) is 0 Å². The number of aliphatic hydroxyl groups is 1. The molecule has 3 N–H and O–H groups in total. The Bertz CT molecular complexity index is 508.